The molecule has 17 heavy (non-hydrogen) atoms. The highest BCUT2D eigenvalue weighted by atomic mass is 16.1. The van der Waals surface area contributed by atoms with E-state index in [0.29, 0.717) is 5.56 Å². The topological polar surface area (TPSA) is 70.7 Å². The van der Waals surface area contributed by atoms with Crippen LogP contribution in [0, 0.1) is 6.92 Å². The van der Waals surface area contributed by atoms with Gasteiger partial charge in [0.25, 0.3) is 5.91 Å². The van der Waals surface area contributed by atoms with Gasteiger partial charge in [-0.3, -0.25) is 9.78 Å². The van der Waals surface area contributed by atoms with Gasteiger partial charge in [0.2, 0.25) is 0 Å². The Hall–Kier alpha value is -2.17. The molecule has 1 amide bonds. The van der Waals surface area contributed by atoms with E-state index >= 15 is 0 Å². The maximum Gasteiger partial charge on any atom is 0.253 e. The van der Waals surface area contributed by atoms with E-state index in [0.717, 1.165) is 11.5 Å². The Morgan fingerprint density at radius 1 is 1.41 bits per heavy atom. The van der Waals surface area contributed by atoms with Gasteiger partial charge in [0, 0.05) is 24.3 Å². The minimum atomic E-state index is -0.155. The summed E-state index contributed by atoms with van der Waals surface area (Å²) >= 11 is 0. The summed E-state index contributed by atoms with van der Waals surface area (Å²) < 4.78 is 0. The zero-order valence-corrected chi connectivity index (χ0v) is 9.77. The molecule has 88 valence electrons. The number of aryl methyl sites for hydroxylation is 1. The van der Waals surface area contributed by atoms with Crippen LogP contribution >= 0.6 is 0 Å². The van der Waals surface area contributed by atoms with E-state index in [2.05, 4.69) is 20.3 Å². The van der Waals surface area contributed by atoms with Crippen LogP contribution in [-0.4, -0.2) is 20.9 Å². The van der Waals surface area contributed by atoms with Crippen molar-refractivity contribution in [2.75, 3.05) is 0 Å². The Balaban J connectivity index is 2.10. The number of aromatic amines is 1. The smallest absolute Gasteiger partial charge is 0.253 e. The molecule has 0 aliphatic carbocycles. The maximum atomic E-state index is 12.0. The highest BCUT2D eigenvalue weighted by molar-refractivity contribution is 5.95. The van der Waals surface area contributed by atoms with Crippen LogP contribution in [0.3, 0.4) is 0 Å². The zero-order chi connectivity index (χ0) is 12.3. The minimum absolute atomic E-state index is 0.139. The van der Waals surface area contributed by atoms with Gasteiger partial charge < -0.3 is 10.3 Å². The van der Waals surface area contributed by atoms with Crippen molar-refractivity contribution in [3.63, 3.8) is 0 Å². The van der Waals surface area contributed by atoms with E-state index in [1.165, 1.54) is 0 Å². The van der Waals surface area contributed by atoms with Crippen LogP contribution in [0.2, 0.25) is 0 Å². The largest absolute Gasteiger partial charge is 0.347 e. The molecule has 2 heterocycles. The number of hydrogen-bond acceptors (Lipinski definition) is 3. The van der Waals surface area contributed by atoms with Crippen LogP contribution in [0.1, 0.15) is 34.8 Å². The third kappa shape index (κ3) is 2.50. The molecule has 2 rings (SSSR count). The molecule has 0 saturated heterocycles. The predicted molar refractivity (Wildman–Crippen MR) is 63.4 cm³/mol. The van der Waals surface area contributed by atoms with Crippen molar-refractivity contribution in [3.05, 3.63) is 47.8 Å². The fourth-order valence-electron chi connectivity index (χ4n) is 1.58. The second kappa shape index (κ2) is 4.78. The molecule has 0 fully saturated rings. The summed E-state index contributed by atoms with van der Waals surface area (Å²) in [6, 6.07) is 3.35. The van der Waals surface area contributed by atoms with Crippen LogP contribution in [0.4, 0.5) is 0 Å². The SMILES string of the molecule is Cc1ncccc1C(=O)NC(C)c1ncc[nH]1. The lowest BCUT2D eigenvalue weighted by atomic mass is 10.2. The molecule has 1 unspecified atom stereocenters. The van der Waals surface area contributed by atoms with Gasteiger partial charge in [-0.25, -0.2) is 4.98 Å². The summed E-state index contributed by atoms with van der Waals surface area (Å²) in [7, 11) is 0. The second-order valence-corrected chi connectivity index (χ2v) is 3.81. The van der Waals surface area contributed by atoms with Crippen molar-refractivity contribution in [3.8, 4) is 0 Å². The van der Waals surface area contributed by atoms with Crippen molar-refractivity contribution < 1.29 is 4.79 Å². The van der Waals surface area contributed by atoms with Crippen molar-refractivity contribution in [1.29, 1.82) is 0 Å². The van der Waals surface area contributed by atoms with Gasteiger partial charge in [-0.15, -0.1) is 0 Å². The number of hydrogen-bond donors (Lipinski definition) is 2. The van der Waals surface area contributed by atoms with E-state index in [9.17, 15) is 4.79 Å². The summed E-state index contributed by atoms with van der Waals surface area (Å²) in [5, 5.41) is 2.87. The van der Waals surface area contributed by atoms with Crippen LogP contribution < -0.4 is 5.32 Å². The molecule has 5 nitrogen and oxygen atoms in total. The van der Waals surface area contributed by atoms with Crippen molar-refractivity contribution in [2.45, 2.75) is 19.9 Å². The number of rotatable bonds is 3. The fraction of sp³-hybridized carbons (Fsp3) is 0.250. The number of aromatic nitrogens is 3. The van der Waals surface area contributed by atoms with Gasteiger partial charge in [-0.2, -0.15) is 0 Å². The number of imidazole rings is 1. The van der Waals surface area contributed by atoms with Gasteiger partial charge >= 0.3 is 0 Å². The summed E-state index contributed by atoms with van der Waals surface area (Å²) in [4.78, 5) is 23.1. The zero-order valence-electron chi connectivity index (χ0n) is 9.77. The van der Waals surface area contributed by atoms with Crippen LogP contribution in [0.5, 0.6) is 0 Å². The summed E-state index contributed by atoms with van der Waals surface area (Å²) in [6.45, 7) is 3.69. The number of nitrogens with zero attached hydrogens (tertiary/aromatic N) is 2. The number of H-pyrrole nitrogens is 1. The number of carbonyl (C=O) groups is 1. The Morgan fingerprint density at radius 3 is 2.88 bits per heavy atom. The van der Waals surface area contributed by atoms with Crippen LogP contribution in [0.15, 0.2) is 30.7 Å². The summed E-state index contributed by atoms with van der Waals surface area (Å²) in [5.41, 5.74) is 1.31. The van der Waals surface area contributed by atoms with E-state index in [1.54, 1.807) is 30.7 Å². The second-order valence-electron chi connectivity index (χ2n) is 3.81. The Bertz CT molecular complexity index is 507. The number of amides is 1. The predicted octanol–water partition coefficient (Wildman–Crippen LogP) is 1.60. The molecular weight excluding hydrogens is 216 g/mol. The Morgan fingerprint density at radius 2 is 2.24 bits per heavy atom. The lowest BCUT2D eigenvalue weighted by Gasteiger charge is -2.12. The van der Waals surface area contributed by atoms with Gasteiger partial charge in [0.15, 0.2) is 0 Å². The average molecular weight is 230 g/mol. The molecule has 0 radical (unpaired) electrons. The Labute approximate surface area is 99.3 Å². The minimum Gasteiger partial charge on any atom is -0.347 e. The van der Waals surface area contributed by atoms with E-state index in [1.807, 2.05) is 13.8 Å². The molecule has 0 bridgehead atoms. The quantitative estimate of drug-likeness (QED) is 0.841. The molecule has 0 aromatic carbocycles. The number of nitrogens with one attached hydrogen (secondary N) is 2. The molecule has 2 aromatic rings. The third-order valence-electron chi connectivity index (χ3n) is 2.53. The van der Waals surface area contributed by atoms with Crippen LogP contribution in [0.25, 0.3) is 0 Å². The first-order valence-corrected chi connectivity index (χ1v) is 5.40. The van der Waals surface area contributed by atoms with E-state index in [-0.39, 0.29) is 11.9 Å². The van der Waals surface area contributed by atoms with E-state index in [4.69, 9.17) is 0 Å². The molecule has 2 N–H and O–H groups in total. The standard InChI is InChI=1S/C12H14N4O/c1-8-10(4-3-5-13-8)12(17)16-9(2)11-14-6-7-15-11/h3-7,9H,1-2H3,(H,14,15)(H,16,17). The highest BCUT2D eigenvalue weighted by Crippen LogP contribution is 2.09. The summed E-state index contributed by atoms with van der Waals surface area (Å²) in [6.07, 6.45) is 5.06. The molecular formula is C12H14N4O. The molecule has 0 aliphatic heterocycles. The lowest BCUT2D eigenvalue weighted by molar-refractivity contribution is 0.0937. The van der Waals surface area contributed by atoms with Crippen LogP contribution in [-0.2, 0) is 0 Å². The first-order chi connectivity index (χ1) is 8.18. The van der Waals surface area contributed by atoms with Gasteiger partial charge in [0.05, 0.1) is 11.6 Å². The normalized spacial score (nSPS) is 12.1. The average Bonchev–Trinajstić information content (AvgIpc) is 2.82. The Kier molecular flexibility index (Phi) is 3.18. The van der Waals surface area contributed by atoms with Crippen molar-refractivity contribution in [2.24, 2.45) is 0 Å². The van der Waals surface area contributed by atoms with Crippen molar-refractivity contribution >= 4 is 5.91 Å². The lowest BCUT2D eigenvalue weighted by Crippen LogP contribution is -2.28. The molecule has 2 aromatic heterocycles. The molecule has 1 atom stereocenters. The highest BCUT2D eigenvalue weighted by Gasteiger charge is 2.14. The monoisotopic (exact) mass is 230 g/mol. The van der Waals surface area contributed by atoms with Gasteiger partial charge in [-0.05, 0) is 26.0 Å². The molecule has 5 heteroatoms. The third-order valence-corrected chi connectivity index (χ3v) is 2.53. The number of carbonyl (C=O) groups excluding carboxylic acids is 1. The van der Waals surface area contributed by atoms with Gasteiger partial charge in [0.1, 0.15) is 5.82 Å². The first-order valence-electron chi connectivity index (χ1n) is 5.40. The molecule has 0 saturated carbocycles. The fourth-order valence-corrected chi connectivity index (χ4v) is 1.58. The van der Waals surface area contributed by atoms with E-state index < -0.39 is 0 Å². The molecule has 0 spiro atoms. The van der Waals surface area contributed by atoms with Gasteiger partial charge in [-0.1, -0.05) is 0 Å². The van der Waals surface area contributed by atoms with Crippen molar-refractivity contribution in [1.82, 2.24) is 20.3 Å². The first kappa shape index (κ1) is 11.3. The molecule has 0 aliphatic rings. The maximum absolute atomic E-state index is 12.0. The number of pyridine rings is 1. The summed E-state index contributed by atoms with van der Waals surface area (Å²) in [5.74, 6) is 0.597.